The molecule has 3 N–H and O–H groups in total. The van der Waals surface area contributed by atoms with Crippen molar-refractivity contribution in [1.82, 2.24) is 5.43 Å². The van der Waals surface area contributed by atoms with Gasteiger partial charge in [0.2, 0.25) is 0 Å². The van der Waals surface area contributed by atoms with Gasteiger partial charge < -0.3 is 4.74 Å². The first-order chi connectivity index (χ1) is 6.19. The van der Waals surface area contributed by atoms with E-state index in [9.17, 15) is 4.79 Å². The molecule has 0 aliphatic carbocycles. The lowest BCUT2D eigenvalue weighted by Gasteiger charge is -2.05. The number of methoxy groups -OCH3 is 1. The quantitative estimate of drug-likeness (QED) is 0.398. The van der Waals surface area contributed by atoms with Crippen molar-refractivity contribution in [2.45, 2.75) is 6.92 Å². The molecular weight excluding hydrogens is 168 g/mol. The zero-order chi connectivity index (χ0) is 9.84. The van der Waals surface area contributed by atoms with Gasteiger partial charge in [0.1, 0.15) is 5.75 Å². The number of nitrogens with two attached hydrogens (primary N) is 1. The van der Waals surface area contributed by atoms with Crippen molar-refractivity contribution in [3.8, 4) is 5.75 Å². The number of hydrogen-bond donors (Lipinski definition) is 2. The lowest BCUT2D eigenvalue weighted by Crippen LogP contribution is -2.30. The van der Waals surface area contributed by atoms with E-state index in [1.165, 1.54) is 0 Å². The van der Waals surface area contributed by atoms with Gasteiger partial charge in [0.05, 0.1) is 7.11 Å². The molecule has 1 aromatic rings. The summed E-state index contributed by atoms with van der Waals surface area (Å²) >= 11 is 0. The Morgan fingerprint density at radius 1 is 1.54 bits per heavy atom. The van der Waals surface area contributed by atoms with Crippen LogP contribution in [-0.2, 0) is 0 Å². The Hall–Kier alpha value is -1.55. The van der Waals surface area contributed by atoms with Crippen molar-refractivity contribution in [1.29, 1.82) is 0 Å². The van der Waals surface area contributed by atoms with Gasteiger partial charge >= 0.3 is 0 Å². The summed E-state index contributed by atoms with van der Waals surface area (Å²) in [5.41, 5.74) is 3.47. The number of carbonyl (C=O) groups is 1. The number of hydrazine groups is 1. The molecule has 0 aliphatic heterocycles. The van der Waals surface area contributed by atoms with Crippen LogP contribution in [0.3, 0.4) is 0 Å². The van der Waals surface area contributed by atoms with Crippen LogP contribution >= 0.6 is 0 Å². The number of hydrogen-bond acceptors (Lipinski definition) is 3. The molecule has 13 heavy (non-hydrogen) atoms. The highest BCUT2D eigenvalue weighted by atomic mass is 16.5. The van der Waals surface area contributed by atoms with Crippen LogP contribution in [0.5, 0.6) is 5.75 Å². The van der Waals surface area contributed by atoms with Gasteiger partial charge in [-0.25, -0.2) is 5.84 Å². The molecule has 1 aromatic carbocycles. The summed E-state index contributed by atoms with van der Waals surface area (Å²) in [5, 5.41) is 0. The molecular formula is C9H12N2O2. The van der Waals surface area contributed by atoms with Crippen LogP contribution in [0.15, 0.2) is 18.2 Å². The van der Waals surface area contributed by atoms with Crippen LogP contribution in [0.2, 0.25) is 0 Å². The van der Waals surface area contributed by atoms with Crippen LogP contribution in [0.1, 0.15) is 15.9 Å². The SMILES string of the molecule is COc1ccc(C(=O)NN)c(C)c1. The normalized spacial score (nSPS) is 9.46. The number of rotatable bonds is 2. The monoisotopic (exact) mass is 180 g/mol. The zero-order valence-electron chi connectivity index (χ0n) is 7.63. The molecule has 1 amide bonds. The molecule has 0 radical (unpaired) electrons. The molecule has 4 nitrogen and oxygen atoms in total. The second-order valence-corrected chi connectivity index (χ2v) is 2.65. The van der Waals surface area contributed by atoms with Crippen molar-refractivity contribution in [2.24, 2.45) is 5.84 Å². The molecule has 0 atom stereocenters. The second-order valence-electron chi connectivity index (χ2n) is 2.65. The predicted molar refractivity (Wildman–Crippen MR) is 49.4 cm³/mol. The van der Waals surface area contributed by atoms with Crippen molar-refractivity contribution in [2.75, 3.05) is 7.11 Å². The molecule has 0 bridgehead atoms. The number of aryl methyl sites for hydroxylation is 1. The summed E-state index contributed by atoms with van der Waals surface area (Å²) in [6, 6.07) is 5.18. The minimum Gasteiger partial charge on any atom is -0.497 e. The third kappa shape index (κ3) is 1.97. The van der Waals surface area contributed by atoms with Gasteiger partial charge in [-0.15, -0.1) is 0 Å². The molecule has 0 aromatic heterocycles. The van der Waals surface area contributed by atoms with Gasteiger partial charge in [-0.2, -0.15) is 0 Å². The summed E-state index contributed by atoms with van der Waals surface area (Å²) in [7, 11) is 1.58. The number of nitrogen functional groups attached to an aromatic ring is 1. The van der Waals surface area contributed by atoms with Crippen LogP contribution in [0, 0.1) is 6.92 Å². The van der Waals surface area contributed by atoms with E-state index in [-0.39, 0.29) is 5.91 Å². The topological polar surface area (TPSA) is 64.3 Å². The third-order valence-corrected chi connectivity index (χ3v) is 1.81. The third-order valence-electron chi connectivity index (χ3n) is 1.81. The Labute approximate surface area is 76.7 Å². The van der Waals surface area contributed by atoms with Gasteiger partial charge in [-0.3, -0.25) is 10.2 Å². The number of carbonyl (C=O) groups excluding carboxylic acids is 1. The second kappa shape index (κ2) is 3.91. The average molecular weight is 180 g/mol. The molecule has 0 saturated heterocycles. The standard InChI is InChI=1S/C9H12N2O2/c1-6-5-7(13-2)3-4-8(6)9(12)11-10/h3-5H,10H2,1-2H3,(H,11,12). The van der Waals surface area contributed by atoms with Crippen LogP contribution in [0.25, 0.3) is 0 Å². The molecule has 70 valence electrons. The van der Waals surface area contributed by atoms with E-state index >= 15 is 0 Å². The summed E-state index contributed by atoms with van der Waals surface area (Å²) < 4.78 is 5.00. The maximum absolute atomic E-state index is 11.2. The summed E-state index contributed by atoms with van der Waals surface area (Å²) in [4.78, 5) is 11.2. The largest absolute Gasteiger partial charge is 0.497 e. The Kier molecular flexibility index (Phi) is 2.87. The minimum absolute atomic E-state index is 0.292. The molecule has 0 unspecified atom stereocenters. The van der Waals surface area contributed by atoms with E-state index in [2.05, 4.69) is 5.43 Å². The highest BCUT2D eigenvalue weighted by Gasteiger charge is 2.07. The van der Waals surface area contributed by atoms with E-state index in [4.69, 9.17) is 10.6 Å². The smallest absolute Gasteiger partial charge is 0.265 e. The first-order valence-electron chi connectivity index (χ1n) is 3.84. The Morgan fingerprint density at radius 3 is 2.69 bits per heavy atom. The van der Waals surface area contributed by atoms with Gasteiger partial charge in [-0.1, -0.05) is 0 Å². The maximum atomic E-state index is 11.2. The van der Waals surface area contributed by atoms with Gasteiger partial charge in [0.15, 0.2) is 0 Å². The van der Waals surface area contributed by atoms with Crippen LogP contribution < -0.4 is 16.0 Å². The van der Waals surface area contributed by atoms with E-state index < -0.39 is 0 Å². The van der Waals surface area contributed by atoms with E-state index in [1.54, 1.807) is 25.3 Å². The summed E-state index contributed by atoms with van der Waals surface area (Å²) in [6.45, 7) is 1.83. The highest BCUT2D eigenvalue weighted by molar-refractivity contribution is 5.95. The van der Waals surface area contributed by atoms with Gasteiger partial charge in [0.25, 0.3) is 5.91 Å². The molecule has 0 spiro atoms. The highest BCUT2D eigenvalue weighted by Crippen LogP contribution is 2.16. The van der Waals surface area contributed by atoms with Crippen LogP contribution in [0.4, 0.5) is 0 Å². The van der Waals surface area contributed by atoms with Crippen LogP contribution in [-0.4, -0.2) is 13.0 Å². The van der Waals surface area contributed by atoms with Crippen molar-refractivity contribution in [3.63, 3.8) is 0 Å². The average Bonchev–Trinajstić information content (AvgIpc) is 2.16. The van der Waals surface area contributed by atoms with Gasteiger partial charge in [0, 0.05) is 5.56 Å². The zero-order valence-corrected chi connectivity index (χ0v) is 7.63. The number of ether oxygens (including phenoxy) is 1. The van der Waals surface area contributed by atoms with E-state index in [0.29, 0.717) is 5.56 Å². The lowest BCUT2D eigenvalue weighted by atomic mass is 10.1. The molecule has 0 heterocycles. The molecule has 1 rings (SSSR count). The molecule has 0 saturated carbocycles. The summed E-state index contributed by atoms with van der Waals surface area (Å²) in [5.74, 6) is 5.45. The molecule has 4 heteroatoms. The van der Waals surface area contributed by atoms with Crippen molar-refractivity contribution < 1.29 is 9.53 Å². The van der Waals surface area contributed by atoms with Crippen molar-refractivity contribution in [3.05, 3.63) is 29.3 Å². The fourth-order valence-electron chi connectivity index (χ4n) is 1.10. The fraction of sp³-hybridized carbons (Fsp3) is 0.222. The fourth-order valence-corrected chi connectivity index (χ4v) is 1.10. The Bertz CT molecular complexity index is 323. The molecule has 0 aliphatic rings. The Morgan fingerprint density at radius 2 is 2.23 bits per heavy atom. The number of nitrogens with one attached hydrogen (secondary N) is 1. The Balaban J connectivity index is 3.05. The summed E-state index contributed by atoms with van der Waals surface area (Å²) in [6.07, 6.45) is 0. The maximum Gasteiger partial charge on any atom is 0.265 e. The number of amides is 1. The number of benzene rings is 1. The molecule has 0 fully saturated rings. The predicted octanol–water partition coefficient (Wildman–Crippen LogP) is 0.607. The first-order valence-corrected chi connectivity index (χ1v) is 3.84. The minimum atomic E-state index is -0.292. The van der Waals surface area contributed by atoms with E-state index in [0.717, 1.165) is 11.3 Å². The van der Waals surface area contributed by atoms with Gasteiger partial charge in [-0.05, 0) is 30.7 Å². The van der Waals surface area contributed by atoms with Crippen molar-refractivity contribution >= 4 is 5.91 Å². The first kappa shape index (κ1) is 9.54. The van der Waals surface area contributed by atoms with E-state index in [1.807, 2.05) is 6.92 Å². The lowest BCUT2D eigenvalue weighted by molar-refractivity contribution is 0.0953.